The van der Waals surface area contributed by atoms with Crippen molar-refractivity contribution in [2.45, 2.75) is 58.4 Å². The number of hydrogen-bond donors (Lipinski definition) is 1. The van der Waals surface area contributed by atoms with E-state index in [9.17, 15) is 0 Å². The molecule has 1 saturated carbocycles. The Kier molecular flexibility index (Phi) is 3.78. The predicted molar refractivity (Wildman–Crippen MR) is 58.9 cm³/mol. The van der Waals surface area contributed by atoms with E-state index >= 15 is 0 Å². The van der Waals surface area contributed by atoms with Gasteiger partial charge in [-0.15, -0.1) is 0 Å². The fourth-order valence-electron chi connectivity index (χ4n) is 2.36. The van der Waals surface area contributed by atoms with Gasteiger partial charge >= 0.3 is 0 Å². The summed E-state index contributed by atoms with van der Waals surface area (Å²) in [6.45, 7) is 7.01. The van der Waals surface area contributed by atoms with Crippen LogP contribution in [0.1, 0.15) is 52.9 Å². The summed E-state index contributed by atoms with van der Waals surface area (Å²) < 4.78 is 0. The van der Waals surface area contributed by atoms with Gasteiger partial charge in [0, 0.05) is 5.54 Å². The van der Waals surface area contributed by atoms with E-state index in [0.717, 1.165) is 11.8 Å². The Morgan fingerprint density at radius 3 is 2.15 bits per heavy atom. The first kappa shape index (κ1) is 11.0. The van der Waals surface area contributed by atoms with Gasteiger partial charge < -0.3 is 5.32 Å². The van der Waals surface area contributed by atoms with Crippen LogP contribution in [-0.2, 0) is 0 Å². The molecule has 0 unspecified atom stereocenters. The van der Waals surface area contributed by atoms with E-state index in [1.54, 1.807) is 0 Å². The van der Waals surface area contributed by atoms with Crippen LogP contribution in [0.15, 0.2) is 0 Å². The second kappa shape index (κ2) is 4.45. The molecule has 1 aliphatic rings. The molecule has 0 aromatic rings. The van der Waals surface area contributed by atoms with Crippen LogP contribution in [0.2, 0.25) is 0 Å². The Labute approximate surface area is 83.3 Å². The monoisotopic (exact) mass is 183 g/mol. The molecule has 78 valence electrons. The smallest absolute Gasteiger partial charge is 0.0124 e. The van der Waals surface area contributed by atoms with Crippen LogP contribution >= 0.6 is 0 Å². The van der Waals surface area contributed by atoms with Gasteiger partial charge in [0.2, 0.25) is 0 Å². The Balaban J connectivity index is 2.30. The lowest BCUT2D eigenvalue weighted by Gasteiger charge is -2.33. The van der Waals surface area contributed by atoms with Crippen molar-refractivity contribution in [3.05, 3.63) is 0 Å². The quantitative estimate of drug-likeness (QED) is 0.708. The van der Waals surface area contributed by atoms with Crippen LogP contribution in [0.25, 0.3) is 0 Å². The maximum Gasteiger partial charge on any atom is 0.0124 e. The van der Waals surface area contributed by atoms with Gasteiger partial charge in [-0.2, -0.15) is 0 Å². The lowest BCUT2D eigenvalue weighted by molar-refractivity contribution is 0.225. The minimum atomic E-state index is 0.339. The van der Waals surface area contributed by atoms with E-state index in [4.69, 9.17) is 0 Å². The molecular formula is C12H25N. The zero-order valence-corrected chi connectivity index (χ0v) is 9.69. The largest absolute Gasteiger partial charge is 0.315 e. The topological polar surface area (TPSA) is 12.0 Å². The van der Waals surface area contributed by atoms with Gasteiger partial charge in [-0.05, 0) is 39.2 Å². The summed E-state index contributed by atoms with van der Waals surface area (Å²) >= 11 is 0. The highest BCUT2D eigenvalue weighted by Gasteiger charge is 2.24. The van der Waals surface area contributed by atoms with Gasteiger partial charge in [-0.3, -0.25) is 0 Å². The van der Waals surface area contributed by atoms with E-state index < -0.39 is 0 Å². The number of rotatable bonds is 3. The molecule has 1 N–H and O–H groups in total. The average Bonchev–Trinajstić information content (AvgIpc) is 2.09. The number of hydrogen-bond acceptors (Lipinski definition) is 1. The lowest BCUT2D eigenvalue weighted by atomic mass is 9.77. The lowest BCUT2D eigenvalue weighted by Crippen LogP contribution is -2.38. The summed E-state index contributed by atoms with van der Waals surface area (Å²) in [6, 6.07) is 0. The molecule has 0 bridgehead atoms. The zero-order chi connectivity index (χ0) is 9.90. The molecule has 1 aliphatic carbocycles. The Hall–Kier alpha value is -0.0400. The van der Waals surface area contributed by atoms with Gasteiger partial charge in [0.15, 0.2) is 0 Å². The van der Waals surface area contributed by atoms with Crippen molar-refractivity contribution < 1.29 is 0 Å². The second-order valence-electron chi connectivity index (χ2n) is 5.46. The van der Waals surface area contributed by atoms with E-state index in [-0.39, 0.29) is 0 Å². The molecule has 1 fully saturated rings. The fraction of sp³-hybridized carbons (Fsp3) is 1.00. The SMILES string of the molecule is CNC(C)(C)CC1CCC(C)CC1. The first-order chi connectivity index (χ1) is 6.03. The summed E-state index contributed by atoms with van der Waals surface area (Å²) in [5.41, 5.74) is 0.339. The molecule has 13 heavy (non-hydrogen) atoms. The van der Waals surface area contributed by atoms with Crippen molar-refractivity contribution in [3.8, 4) is 0 Å². The molecule has 1 rings (SSSR count). The zero-order valence-electron chi connectivity index (χ0n) is 9.69. The van der Waals surface area contributed by atoms with Crippen LogP contribution in [-0.4, -0.2) is 12.6 Å². The molecule has 1 heteroatoms. The third-order valence-corrected chi connectivity index (χ3v) is 3.61. The van der Waals surface area contributed by atoms with Crippen LogP contribution < -0.4 is 5.32 Å². The minimum Gasteiger partial charge on any atom is -0.315 e. The highest BCUT2D eigenvalue weighted by molar-refractivity contribution is 4.81. The summed E-state index contributed by atoms with van der Waals surface area (Å²) in [7, 11) is 2.07. The molecule has 0 aromatic carbocycles. The third-order valence-electron chi connectivity index (χ3n) is 3.61. The average molecular weight is 183 g/mol. The molecule has 0 atom stereocenters. The summed E-state index contributed by atoms with van der Waals surface area (Å²) in [5.74, 6) is 1.95. The molecule has 0 amide bonds. The highest BCUT2D eigenvalue weighted by Crippen LogP contribution is 2.33. The van der Waals surface area contributed by atoms with Crippen LogP contribution in [0.3, 0.4) is 0 Å². The molecule has 0 radical (unpaired) electrons. The maximum absolute atomic E-state index is 3.40. The fourth-order valence-corrected chi connectivity index (χ4v) is 2.36. The second-order valence-corrected chi connectivity index (χ2v) is 5.46. The van der Waals surface area contributed by atoms with Crippen LogP contribution in [0.4, 0.5) is 0 Å². The van der Waals surface area contributed by atoms with E-state index in [2.05, 4.69) is 33.1 Å². The Bertz CT molecular complexity index is 143. The number of nitrogens with one attached hydrogen (secondary N) is 1. The van der Waals surface area contributed by atoms with Gasteiger partial charge in [-0.1, -0.05) is 32.6 Å². The molecule has 0 saturated heterocycles. The highest BCUT2D eigenvalue weighted by atomic mass is 14.9. The molecule has 1 nitrogen and oxygen atoms in total. The van der Waals surface area contributed by atoms with Crippen molar-refractivity contribution in [1.29, 1.82) is 0 Å². The Morgan fingerprint density at radius 1 is 1.15 bits per heavy atom. The van der Waals surface area contributed by atoms with Gasteiger partial charge in [0.1, 0.15) is 0 Å². The molecule has 0 heterocycles. The Morgan fingerprint density at radius 2 is 1.69 bits per heavy atom. The molecular weight excluding hydrogens is 158 g/mol. The first-order valence-electron chi connectivity index (χ1n) is 5.72. The molecule has 0 aliphatic heterocycles. The minimum absolute atomic E-state index is 0.339. The summed E-state index contributed by atoms with van der Waals surface area (Å²) in [6.07, 6.45) is 7.14. The van der Waals surface area contributed by atoms with Crippen LogP contribution in [0, 0.1) is 11.8 Å². The summed E-state index contributed by atoms with van der Waals surface area (Å²) in [4.78, 5) is 0. The standard InChI is InChI=1S/C12H25N/c1-10-5-7-11(8-6-10)9-12(2,3)13-4/h10-11,13H,5-9H2,1-4H3. The summed E-state index contributed by atoms with van der Waals surface area (Å²) in [5, 5.41) is 3.40. The van der Waals surface area contributed by atoms with Crippen molar-refractivity contribution in [2.24, 2.45) is 11.8 Å². The predicted octanol–water partition coefficient (Wildman–Crippen LogP) is 3.20. The van der Waals surface area contributed by atoms with Crippen molar-refractivity contribution >= 4 is 0 Å². The van der Waals surface area contributed by atoms with Crippen molar-refractivity contribution in [3.63, 3.8) is 0 Å². The van der Waals surface area contributed by atoms with E-state index in [0.29, 0.717) is 5.54 Å². The van der Waals surface area contributed by atoms with E-state index in [1.807, 2.05) is 0 Å². The molecule has 0 spiro atoms. The maximum atomic E-state index is 3.40. The van der Waals surface area contributed by atoms with Crippen molar-refractivity contribution in [2.75, 3.05) is 7.05 Å². The van der Waals surface area contributed by atoms with Crippen molar-refractivity contribution in [1.82, 2.24) is 5.32 Å². The van der Waals surface area contributed by atoms with Gasteiger partial charge in [0.25, 0.3) is 0 Å². The van der Waals surface area contributed by atoms with Crippen LogP contribution in [0.5, 0.6) is 0 Å². The van der Waals surface area contributed by atoms with Gasteiger partial charge in [0.05, 0.1) is 0 Å². The normalized spacial score (nSPS) is 30.5. The van der Waals surface area contributed by atoms with Gasteiger partial charge in [-0.25, -0.2) is 0 Å². The third kappa shape index (κ3) is 3.68. The van der Waals surface area contributed by atoms with E-state index in [1.165, 1.54) is 32.1 Å². The molecule has 0 aromatic heterocycles. The first-order valence-corrected chi connectivity index (χ1v) is 5.72.